The minimum absolute atomic E-state index is 0.0329. The first-order valence-electron chi connectivity index (χ1n) is 5.92. The minimum atomic E-state index is -4.55. The van der Waals surface area contributed by atoms with Crippen molar-refractivity contribution in [3.8, 4) is 0 Å². The average molecular weight is 276 g/mol. The molecule has 0 aromatic carbocycles. The number of aromatic nitrogens is 2. The molecule has 0 radical (unpaired) electrons. The predicted octanol–water partition coefficient (Wildman–Crippen LogP) is 1.28. The SMILES string of the molecule is CC(O)C1CCN(c2cc(C(F)(F)F)nc(N)n2)C1. The summed E-state index contributed by atoms with van der Waals surface area (Å²) in [5.74, 6) is -0.209. The Morgan fingerprint density at radius 3 is 2.68 bits per heavy atom. The van der Waals surface area contributed by atoms with Crippen LogP contribution in [0.15, 0.2) is 6.07 Å². The van der Waals surface area contributed by atoms with Crippen LogP contribution in [0.25, 0.3) is 0 Å². The van der Waals surface area contributed by atoms with E-state index in [0.29, 0.717) is 19.5 Å². The molecule has 2 unspecified atom stereocenters. The molecule has 1 saturated heterocycles. The zero-order chi connectivity index (χ0) is 14.2. The Morgan fingerprint density at radius 2 is 2.16 bits per heavy atom. The van der Waals surface area contributed by atoms with E-state index in [9.17, 15) is 18.3 Å². The molecule has 0 saturated carbocycles. The lowest BCUT2D eigenvalue weighted by molar-refractivity contribution is -0.141. The number of nitrogens with zero attached hydrogens (tertiary/aromatic N) is 3. The molecular weight excluding hydrogens is 261 g/mol. The number of hydrogen-bond acceptors (Lipinski definition) is 5. The van der Waals surface area contributed by atoms with Gasteiger partial charge >= 0.3 is 6.18 Å². The first-order chi connectivity index (χ1) is 8.77. The Morgan fingerprint density at radius 1 is 1.47 bits per heavy atom. The maximum Gasteiger partial charge on any atom is 0.433 e. The van der Waals surface area contributed by atoms with Crippen LogP contribution in [0.4, 0.5) is 24.9 Å². The van der Waals surface area contributed by atoms with Crippen molar-refractivity contribution in [2.45, 2.75) is 25.6 Å². The highest BCUT2D eigenvalue weighted by molar-refractivity contribution is 5.45. The largest absolute Gasteiger partial charge is 0.433 e. The van der Waals surface area contributed by atoms with Gasteiger partial charge in [0.05, 0.1) is 6.10 Å². The van der Waals surface area contributed by atoms with Gasteiger partial charge < -0.3 is 15.7 Å². The average Bonchev–Trinajstić information content (AvgIpc) is 2.76. The molecule has 1 aromatic heterocycles. The first kappa shape index (κ1) is 13.9. The fourth-order valence-electron chi connectivity index (χ4n) is 2.15. The number of aliphatic hydroxyl groups excluding tert-OH is 1. The van der Waals surface area contributed by atoms with Crippen LogP contribution < -0.4 is 10.6 Å². The van der Waals surface area contributed by atoms with Gasteiger partial charge in [0.1, 0.15) is 5.82 Å². The number of nitrogen functional groups attached to an aromatic ring is 1. The molecule has 1 fully saturated rings. The van der Waals surface area contributed by atoms with Crippen molar-refractivity contribution < 1.29 is 18.3 Å². The highest BCUT2D eigenvalue weighted by Crippen LogP contribution is 2.32. The summed E-state index contributed by atoms with van der Waals surface area (Å²) in [6, 6.07) is 0.890. The molecule has 1 aliphatic rings. The van der Waals surface area contributed by atoms with E-state index >= 15 is 0 Å². The topological polar surface area (TPSA) is 75.3 Å². The van der Waals surface area contributed by atoms with Crippen LogP contribution in [0.5, 0.6) is 0 Å². The van der Waals surface area contributed by atoms with E-state index in [-0.39, 0.29) is 11.7 Å². The Balaban J connectivity index is 2.24. The van der Waals surface area contributed by atoms with Crippen LogP contribution in [0.2, 0.25) is 0 Å². The van der Waals surface area contributed by atoms with Gasteiger partial charge in [-0.05, 0) is 13.3 Å². The third kappa shape index (κ3) is 3.06. The summed E-state index contributed by atoms with van der Waals surface area (Å²) >= 11 is 0. The zero-order valence-corrected chi connectivity index (χ0v) is 10.4. The molecule has 0 aliphatic carbocycles. The van der Waals surface area contributed by atoms with E-state index in [1.807, 2.05) is 0 Å². The van der Waals surface area contributed by atoms with Gasteiger partial charge in [-0.1, -0.05) is 0 Å². The van der Waals surface area contributed by atoms with E-state index in [2.05, 4.69) is 9.97 Å². The molecule has 1 aliphatic heterocycles. The lowest BCUT2D eigenvalue weighted by Gasteiger charge is -2.19. The van der Waals surface area contributed by atoms with Crippen molar-refractivity contribution in [2.75, 3.05) is 23.7 Å². The number of nitrogens with two attached hydrogens (primary N) is 1. The molecule has 2 atom stereocenters. The van der Waals surface area contributed by atoms with Crippen molar-refractivity contribution >= 4 is 11.8 Å². The molecule has 2 heterocycles. The van der Waals surface area contributed by atoms with E-state index < -0.39 is 23.9 Å². The molecule has 5 nitrogen and oxygen atoms in total. The lowest BCUT2D eigenvalue weighted by atomic mass is 10.0. The molecule has 3 N–H and O–H groups in total. The maximum absolute atomic E-state index is 12.6. The Bertz CT molecular complexity index is 464. The van der Waals surface area contributed by atoms with Crippen LogP contribution >= 0.6 is 0 Å². The lowest BCUT2D eigenvalue weighted by Crippen LogP contribution is -2.25. The first-order valence-corrected chi connectivity index (χ1v) is 5.92. The second-order valence-corrected chi connectivity index (χ2v) is 4.70. The molecule has 0 bridgehead atoms. The fourth-order valence-corrected chi connectivity index (χ4v) is 2.15. The number of alkyl halides is 3. The smallest absolute Gasteiger partial charge is 0.393 e. The van der Waals surface area contributed by atoms with Crippen LogP contribution in [0, 0.1) is 5.92 Å². The molecule has 0 spiro atoms. The van der Waals surface area contributed by atoms with E-state index in [4.69, 9.17) is 5.73 Å². The second-order valence-electron chi connectivity index (χ2n) is 4.70. The third-order valence-electron chi connectivity index (χ3n) is 3.25. The van der Waals surface area contributed by atoms with Gasteiger partial charge in [0.25, 0.3) is 0 Å². The molecule has 1 aromatic rings. The Kier molecular flexibility index (Phi) is 3.53. The van der Waals surface area contributed by atoms with Crippen molar-refractivity contribution in [1.82, 2.24) is 9.97 Å². The number of rotatable bonds is 2. The molecule has 19 heavy (non-hydrogen) atoms. The van der Waals surface area contributed by atoms with Gasteiger partial charge in [-0.3, -0.25) is 0 Å². The van der Waals surface area contributed by atoms with Gasteiger partial charge in [-0.25, -0.2) is 4.98 Å². The standard InChI is InChI=1S/C11H15F3N4O/c1-6(19)7-2-3-18(5-7)9-4-8(11(12,13)14)16-10(15)17-9/h4,6-7,19H,2-3,5H2,1H3,(H2,15,16,17). The number of hydrogen-bond donors (Lipinski definition) is 2. The summed E-state index contributed by atoms with van der Waals surface area (Å²) in [5.41, 5.74) is 4.27. The van der Waals surface area contributed by atoms with Gasteiger partial charge in [-0.2, -0.15) is 18.2 Å². The van der Waals surface area contributed by atoms with Crippen LogP contribution in [0.3, 0.4) is 0 Å². The van der Waals surface area contributed by atoms with Crippen molar-refractivity contribution in [3.05, 3.63) is 11.8 Å². The summed E-state index contributed by atoms with van der Waals surface area (Å²) in [6.07, 6.45) is -4.33. The minimum Gasteiger partial charge on any atom is -0.393 e. The maximum atomic E-state index is 12.6. The number of halogens is 3. The summed E-state index contributed by atoms with van der Waals surface area (Å²) in [6.45, 7) is 2.68. The van der Waals surface area contributed by atoms with Crippen LogP contribution in [-0.2, 0) is 6.18 Å². The van der Waals surface area contributed by atoms with Crippen LogP contribution in [-0.4, -0.2) is 34.3 Å². The summed E-state index contributed by atoms with van der Waals surface area (Å²) in [7, 11) is 0. The molecular formula is C11H15F3N4O. The number of anilines is 2. The summed E-state index contributed by atoms with van der Waals surface area (Å²) in [5, 5.41) is 9.49. The van der Waals surface area contributed by atoms with E-state index in [0.717, 1.165) is 6.07 Å². The summed E-state index contributed by atoms with van der Waals surface area (Å²) in [4.78, 5) is 8.72. The van der Waals surface area contributed by atoms with Gasteiger partial charge in [0.15, 0.2) is 5.69 Å². The fraction of sp³-hybridized carbons (Fsp3) is 0.636. The monoisotopic (exact) mass is 276 g/mol. The highest BCUT2D eigenvalue weighted by Gasteiger charge is 2.35. The molecule has 106 valence electrons. The second kappa shape index (κ2) is 4.84. The van der Waals surface area contributed by atoms with Gasteiger partial charge in [0.2, 0.25) is 5.95 Å². The van der Waals surface area contributed by atoms with Crippen LogP contribution in [0.1, 0.15) is 19.0 Å². The Labute approximate surface area is 108 Å². The summed E-state index contributed by atoms with van der Waals surface area (Å²) < 4.78 is 37.9. The predicted molar refractivity (Wildman–Crippen MR) is 63.4 cm³/mol. The zero-order valence-electron chi connectivity index (χ0n) is 10.4. The number of aliphatic hydroxyl groups is 1. The van der Waals surface area contributed by atoms with Crippen molar-refractivity contribution in [2.24, 2.45) is 5.92 Å². The Hall–Kier alpha value is -1.57. The van der Waals surface area contributed by atoms with E-state index in [1.165, 1.54) is 0 Å². The van der Waals surface area contributed by atoms with Gasteiger partial charge in [0, 0.05) is 25.1 Å². The quantitative estimate of drug-likeness (QED) is 0.851. The normalized spacial score (nSPS) is 21.7. The van der Waals surface area contributed by atoms with Crippen molar-refractivity contribution in [1.29, 1.82) is 0 Å². The molecule has 8 heteroatoms. The third-order valence-corrected chi connectivity index (χ3v) is 3.25. The highest BCUT2D eigenvalue weighted by atomic mass is 19.4. The van der Waals surface area contributed by atoms with Crippen molar-refractivity contribution in [3.63, 3.8) is 0 Å². The van der Waals surface area contributed by atoms with Gasteiger partial charge in [-0.15, -0.1) is 0 Å². The van der Waals surface area contributed by atoms with E-state index in [1.54, 1.807) is 11.8 Å². The molecule has 0 amide bonds. The molecule has 2 rings (SSSR count).